The zero-order chi connectivity index (χ0) is 14.5. The molecule has 0 radical (unpaired) electrons. The van der Waals surface area contributed by atoms with Gasteiger partial charge < -0.3 is 5.32 Å². The standard InChI is InChI=1S/C15H25NO2S/c1-5-9-19(17,18)11-15(16-6-2)14-10-12(3)7-8-13(14)4/h7-8,10,15-16H,5-6,9,11H2,1-4H3. The highest BCUT2D eigenvalue weighted by Gasteiger charge is 2.20. The molecular formula is C15H25NO2S. The average molecular weight is 283 g/mol. The van der Waals surface area contributed by atoms with Crippen LogP contribution in [-0.2, 0) is 9.84 Å². The van der Waals surface area contributed by atoms with Crippen molar-refractivity contribution < 1.29 is 8.42 Å². The van der Waals surface area contributed by atoms with Gasteiger partial charge in [-0.05, 0) is 37.9 Å². The van der Waals surface area contributed by atoms with Crippen LogP contribution in [0.15, 0.2) is 18.2 Å². The molecule has 0 aliphatic heterocycles. The van der Waals surface area contributed by atoms with E-state index in [1.807, 2.05) is 27.7 Å². The Morgan fingerprint density at radius 1 is 1.21 bits per heavy atom. The third-order valence-corrected chi connectivity index (χ3v) is 5.07. The molecular weight excluding hydrogens is 258 g/mol. The molecule has 0 saturated heterocycles. The van der Waals surface area contributed by atoms with Crippen LogP contribution in [0, 0.1) is 13.8 Å². The fourth-order valence-corrected chi connectivity index (χ4v) is 3.88. The highest BCUT2D eigenvalue weighted by Crippen LogP contribution is 2.21. The first kappa shape index (κ1) is 16.2. The van der Waals surface area contributed by atoms with E-state index in [2.05, 4.69) is 23.5 Å². The van der Waals surface area contributed by atoms with E-state index in [0.717, 1.165) is 23.2 Å². The first-order valence-corrected chi connectivity index (χ1v) is 8.72. The Morgan fingerprint density at radius 2 is 1.89 bits per heavy atom. The molecule has 4 heteroatoms. The van der Waals surface area contributed by atoms with Gasteiger partial charge in [0, 0.05) is 11.8 Å². The van der Waals surface area contributed by atoms with E-state index < -0.39 is 9.84 Å². The number of hydrogen-bond acceptors (Lipinski definition) is 3. The summed E-state index contributed by atoms with van der Waals surface area (Å²) < 4.78 is 24.1. The Labute approximate surface area is 117 Å². The van der Waals surface area contributed by atoms with Crippen molar-refractivity contribution in [2.75, 3.05) is 18.1 Å². The van der Waals surface area contributed by atoms with Crippen molar-refractivity contribution in [2.24, 2.45) is 0 Å². The van der Waals surface area contributed by atoms with Crippen LogP contribution in [0.4, 0.5) is 0 Å². The molecule has 3 nitrogen and oxygen atoms in total. The van der Waals surface area contributed by atoms with Gasteiger partial charge >= 0.3 is 0 Å². The summed E-state index contributed by atoms with van der Waals surface area (Å²) >= 11 is 0. The SMILES string of the molecule is CCCS(=O)(=O)CC(NCC)c1cc(C)ccc1C. The second kappa shape index (κ2) is 7.06. The fraction of sp³-hybridized carbons (Fsp3) is 0.600. The lowest BCUT2D eigenvalue weighted by Crippen LogP contribution is -2.29. The second-order valence-electron chi connectivity index (χ2n) is 5.08. The van der Waals surface area contributed by atoms with Crippen LogP contribution in [0.5, 0.6) is 0 Å². The molecule has 0 bridgehead atoms. The number of sulfone groups is 1. The van der Waals surface area contributed by atoms with Crippen LogP contribution in [0.1, 0.15) is 43.0 Å². The average Bonchev–Trinajstić information content (AvgIpc) is 2.31. The van der Waals surface area contributed by atoms with Gasteiger partial charge in [-0.3, -0.25) is 0 Å². The summed E-state index contributed by atoms with van der Waals surface area (Å²) in [5, 5.41) is 3.30. The van der Waals surface area contributed by atoms with Crippen LogP contribution in [0.3, 0.4) is 0 Å². The molecule has 1 unspecified atom stereocenters. The molecule has 1 N–H and O–H groups in total. The van der Waals surface area contributed by atoms with Crippen molar-refractivity contribution in [3.63, 3.8) is 0 Å². The van der Waals surface area contributed by atoms with Crippen LogP contribution < -0.4 is 5.32 Å². The van der Waals surface area contributed by atoms with Gasteiger partial charge in [0.1, 0.15) is 0 Å². The van der Waals surface area contributed by atoms with Gasteiger partial charge in [0.15, 0.2) is 9.84 Å². The monoisotopic (exact) mass is 283 g/mol. The summed E-state index contributed by atoms with van der Waals surface area (Å²) in [7, 11) is -2.99. The Bertz CT molecular complexity index is 509. The van der Waals surface area contributed by atoms with E-state index in [1.165, 1.54) is 0 Å². The first-order valence-electron chi connectivity index (χ1n) is 6.90. The van der Waals surface area contributed by atoms with Gasteiger partial charge in [-0.15, -0.1) is 0 Å². The lowest BCUT2D eigenvalue weighted by Gasteiger charge is -2.21. The van der Waals surface area contributed by atoms with Crippen LogP contribution in [-0.4, -0.2) is 26.5 Å². The highest BCUT2D eigenvalue weighted by atomic mass is 32.2. The van der Waals surface area contributed by atoms with Gasteiger partial charge in [-0.1, -0.05) is 37.6 Å². The minimum absolute atomic E-state index is 0.110. The molecule has 108 valence electrons. The zero-order valence-corrected chi connectivity index (χ0v) is 13.2. The van der Waals surface area contributed by atoms with E-state index in [4.69, 9.17) is 0 Å². The molecule has 0 heterocycles. The predicted molar refractivity (Wildman–Crippen MR) is 81.3 cm³/mol. The zero-order valence-electron chi connectivity index (χ0n) is 12.4. The largest absolute Gasteiger partial charge is 0.309 e. The smallest absolute Gasteiger partial charge is 0.152 e. The summed E-state index contributed by atoms with van der Waals surface area (Å²) in [5.41, 5.74) is 3.40. The number of nitrogens with one attached hydrogen (secondary N) is 1. The van der Waals surface area contributed by atoms with E-state index in [-0.39, 0.29) is 17.5 Å². The summed E-state index contributed by atoms with van der Waals surface area (Å²) in [5.74, 6) is 0.443. The minimum Gasteiger partial charge on any atom is -0.309 e. The molecule has 0 aliphatic rings. The molecule has 1 atom stereocenters. The third kappa shape index (κ3) is 4.96. The maximum absolute atomic E-state index is 12.0. The van der Waals surface area contributed by atoms with Crippen molar-refractivity contribution in [3.05, 3.63) is 34.9 Å². The van der Waals surface area contributed by atoms with Crippen molar-refractivity contribution >= 4 is 9.84 Å². The summed E-state index contributed by atoms with van der Waals surface area (Å²) in [6.07, 6.45) is 0.675. The topological polar surface area (TPSA) is 46.2 Å². The predicted octanol–water partition coefficient (Wildman–Crippen LogP) is 2.78. The molecule has 0 fully saturated rings. The Hall–Kier alpha value is -0.870. The molecule has 1 aromatic rings. The van der Waals surface area contributed by atoms with Crippen molar-refractivity contribution in [3.8, 4) is 0 Å². The molecule has 1 rings (SSSR count). The molecule has 0 aromatic heterocycles. The van der Waals surface area contributed by atoms with Gasteiger partial charge in [0.05, 0.1) is 5.75 Å². The van der Waals surface area contributed by atoms with E-state index >= 15 is 0 Å². The number of hydrogen-bond donors (Lipinski definition) is 1. The van der Waals surface area contributed by atoms with Crippen molar-refractivity contribution in [2.45, 2.75) is 40.2 Å². The number of rotatable bonds is 7. The minimum atomic E-state index is -2.99. The second-order valence-corrected chi connectivity index (χ2v) is 7.31. The number of aryl methyl sites for hydroxylation is 2. The first-order chi connectivity index (χ1) is 8.89. The van der Waals surface area contributed by atoms with Gasteiger partial charge in [0.25, 0.3) is 0 Å². The Balaban J connectivity index is 3.03. The Kier molecular flexibility index (Phi) is 6.01. The third-order valence-electron chi connectivity index (χ3n) is 3.20. The van der Waals surface area contributed by atoms with E-state index in [0.29, 0.717) is 6.42 Å². The molecule has 1 aromatic carbocycles. The van der Waals surface area contributed by atoms with Gasteiger partial charge in [-0.2, -0.15) is 0 Å². The summed E-state index contributed by atoms with van der Waals surface area (Å²) in [4.78, 5) is 0. The van der Waals surface area contributed by atoms with E-state index in [1.54, 1.807) is 0 Å². The van der Waals surface area contributed by atoms with Gasteiger partial charge in [-0.25, -0.2) is 8.42 Å². The highest BCUT2D eigenvalue weighted by molar-refractivity contribution is 7.91. The lowest BCUT2D eigenvalue weighted by atomic mass is 10.00. The van der Waals surface area contributed by atoms with Crippen molar-refractivity contribution in [1.29, 1.82) is 0 Å². The quantitative estimate of drug-likeness (QED) is 0.837. The molecule has 0 aliphatic carbocycles. The molecule has 19 heavy (non-hydrogen) atoms. The van der Waals surface area contributed by atoms with E-state index in [9.17, 15) is 8.42 Å². The van der Waals surface area contributed by atoms with Crippen LogP contribution in [0.2, 0.25) is 0 Å². The summed E-state index contributed by atoms with van der Waals surface area (Å²) in [6, 6.07) is 6.09. The number of benzene rings is 1. The van der Waals surface area contributed by atoms with Crippen LogP contribution in [0.25, 0.3) is 0 Å². The normalized spacial score (nSPS) is 13.5. The van der Waals surface area contributed by atoms with Crippen molar-refractivity contribution in [1.82, 2.24) is 5.32 Å². The summed E-state index contributed by atoms with van der Waals surface area (Å²) in [6.45, 7) is 8.74. The Morgan fingerprint density at radius 3 is 2.47 bits per heavy atom. The molecule has 0 saturated carbocycles. The lowest BCUT2D eigenvalue weighted by molar-refractivity contribution is 0.557. The maximum Gasteiger partial charge on any atom is 0.152 e. The maximum atomic E-state index is 12.0. The van der Waals surface area contributed by atoms with Gasteiger partial charge in [0.2, 0.25) is 0 Å². The van der Waals surface area contributed by atoms with Crippen LogP contribution >= 0.6 is 0 Å². The molecule has 0 spiro atoms. The fourth-order valence-electron chi connectivity index (χ4n) is 2.29. The molecule has 0 amide bonds.